The molecule has 0 radical (unpaired) electrons. The largest absolute Gasteiger partial charge is 0.333 e. The van der Waals surface area contributed by atoms with Gasteiger partial charge >= 0.3 is 0 Å². The molecule has 0 spiro atoms. The van der Waals surface area contributed by atoms with Gasteiger partial charge in [-0.25, -0.2) is 0 Å². The van der Waals surface area contributed by atoms with E-state index >= 15 is 0 Å². The lowest BCUT2D eigenvalue weighted by atomic mass is 9.89. The third-order valence-electron chi connectivity index (χ3n) is 4.01. The number of nitrogens with one attached hydrogen (secondary N) is 2. The summed E-state index contributed by atoms with van der Waals surface area (Å²) in [6, 6.07) is 0. The Balaban J connectivity index is 0. The van der Waals surface area contributed by atoms with Crippen LogP contribution in [0, 0.1) is 5.41 Å². The molecule has 0 unspecified atom stereocenters. The van der Waals surface area contributed by atoms with Gasteiger partial charge in [-0.15, -0.1) is 0 Å². The Hall–Kier alpha value is 0.137. The zero-order valence-corrected chi connectivity index (χ0v) is 22.4. The predicted octanol–water partition coefficient (Wildman–Crippen LogP) is 7.75. The number of hydrogen-bond acceptors (Lipinski definition) is 2. The molecule has 0 aromatic carbocycles. The maximum Gasteiger partial charge on any atom is 0.116 e. The highest BCUT2D eigenvalue weighted by atomic mass is 28.3. The van der Waals surface area contributed by atoms with E-state index in [2.05, 4.69) is 92.3 Å². The molecular weight excluding hydrogens is 344 g/mol. The van der Waals surface area contributed by atoms with Crippen molar-refractivity contribution in [2.75, 3.05) is 6.54 Å². The average molecular weight is 401 g/mol. The van der Waals surface area contributed by atoms with Crippen molar-refractivity contribution in [2.24, 2.45) is 5.41 Å². The minimum absolute atomic E-state index is 0.285. The first-order valence-electron chi connectivity index (χ1n) is 11.5. The second kappa shape index (κ2) is 13.4. The van der Waals surface area contributed by atoms with Crippen molar-refractivity contribution in [3.63, 3.8) is 0 Å². The second-order valence-corrected chi connectivity index (χ2v) is 17.3. The summed E-state index contributed by atoms with van der Waals surface area (Å²) in [6.07, 6.45) is 11.2. The van der Waals surface area contributed by atoms with E-state index in [1.165, 1.54) is 57.9 Å². The second-order valence-electron chi connectivity index (χ2n) is 12.6. The summed E-state index contributed by atoms with van der Waals surface area (Å²) in [5, 5.41) is 3.55. The molecule has 166 valence electrons. The van der Waals surface area contributed by atoms with Crippen LogP contribution < -0.4 is 10.3 Å². The molecule has 2 nitrogen and oxygen atoms in total. The van der Waals surface area contributed by atoms with Gasteiger partial charge in [0.1, 0.15) is 8.24 Å². The van der Waals surface area contributed by atoms with Crippen LogP contribution in [0.2, 0.25) is 19.6 Å². The molecule has 0 fully saturated rings. The van der Waals surface area contributed by atoms with E-state index in [9.17, 15) is 0 Å². The SMILES string of the molecule is CC(C)(C)CCCCCCCCCNC(C)(C)C.CC(C)(C)N[Si](C)(C)C. The van der Waals surface area contributed by atoms with Crippen molar-refractivity contribution in [3.05, 3.63) is 0 Å². The normalized spacial score (nSPS) is 13.3. The monoisotopic (exact) mass is 400 g/mol. The summed E-state index contributed by atoms with van der Waals surface area (Å²) >= 11 is 0. The third kappa shape index (κ3) is 34.1. The van der Waals surface area contributed by atoms with Gasteiger partial charge in [0.15, 0.2) is 0 Å². The molecule has 0 rings (SSSR count). The van der Waals surface area contributed by atoms with Gasteiger partial charge < -0.3 is 10.3 Å². The minimum atomic E-state index is -1.04. The van der Waals surface area contributed by atoms with Crippen LogP contribution in [0.1, 0.15) is 114 Å². The number of hydrogen-bond donors (Lipinski definition) is 2. The molecule has 0 amide bonds. The Morgan fingerprint density at radius 3 is 1.26 bits per heavy atom. The van der Waals surface area contributed by atoms with Crippen LogP contribution in [0.5, 0.6) is 0 Å². The van der Waals surface area contributed by atoms with Gasteiger partial charge in [-0.05, 0) is 66.3 Å². The van der Waals surface area contributed by atoms with Crippen molar-refractivity contribution >= 4 is 8.24 Å². The molecule has 0 heterocycles. The fourth-order valence-electron chi connectivity index (χ4n) is 3.25. The van der Waals surface area contributed by atoms with Crippen LogP contribution in [0.3, 0.4) is 0 Å². The number of rotatable bonds is 10. The van der Waals surface area contributed by atoms with Gasteiger partial charge in [-0.2, -0.15) is 0 Å². The Labute approximate surface area is 175 Å². The first kappa shape index (κ1) is 29.3. The fourth-order valence-corrected chi connectivity index (χ4v) is 5.50. The van der Waals surface area contributed by atoms with E-state index in [1.807, 2.05) is 0 Å². The summed E-state index contributed by atoms with van der Waals surface area (Å²) in [4.78, 5) is 3.60. The van der Waals surface area contributed by atoms with E-state index in [-0.39, 0.29) is 5.54 Å². The zero-order valence-electron chi connectivity index (χ0n) is 21.4. The van der Waals surface area contributed by atoms with E-state index in [0.29, 0.717) is 11.0 Å². The van der Waals surface area contributed by atoms with Crippen LogP contribution in [0.25, 0.3) is 0 Å². The smallest absolute Gasteiger partial charge is 0.116 e. The summed E-state index contributed by atoms with van der Waals surface area (Å²) < 4.78 is 0. The van der Waals surface area contributed by atoms with E-state index in [0.717, 1.165) is 0 Å². The lowest BCUT2D eigenvalue weighted by Gasteiger charge is -2.30. The molecule has 0 aromatic rings. The average Bonchev–Trinajstić information content (AvgIpc) is 2.34. The standard InChI is InChI=1S/C17H37N.C7H19NSi/c1-16(2,3)14-12-10-8-7-9-11-13-15-18-17(4,5)6;1-7(2,3)8-9(4,5)6/h18H,7-15H2,1-6H3;8H,1-6H3. The number of unbranched alkanes of at least 4 members (excludes halogenated alkanes) is 6. The van der Waals surface area contributed by atoms with Crippen molar-refractivity contribution in [1.29, 1.82) is 0 Å². The molecule has 0 aliphatic rings. The summed E-state index contributed by atoms with van der Waals surface area (Å²) in [5.41, 5.74) is 1.11. The molecule has 27 heavy (non-hydrogen) atoms. The predicted molar refractivity (Wildman–Crippen MR) is 130 cm³/mol. The van der Waals surface area contributed by atoms with Gasteiger partial charge in [0.25, 0.3) is 0 Å². The molecule has 0 aromatic heterocycles. The molecule has 3 heteroatoms. The van der Waals surface area contributed by atoms with Crippen molar-refractivity contribution in [2.45, 2.75) is 144 Å². The molecule has 0 aliphatic carbocycles. The highest BCUT2D eigenvalue weighted by Crippen LogP contribution is 2.22. The molecule has 2 N–H and O–H groups in total. The highest BCUT2D eigenvalue weighted by Gasteiger charge is 2.20. The van der Waals surface area contributed by atoms with E-state index in [4.69, 9.17) is 0 Å². The Morgan fingerprint density at radius 1 is 0.556 bits per heavy atom. The summed E-state index contributed by atoms with van der Waals surface area (Å²) in [6.45, 7) is 28.5. The Morgan fingerprint density at radius 2 is 0.963 bits per heavy atom. The minimum Gasteiger partial charge on any atom is -0.333 e. The molecular formula is C24H56N2Si. The van der Waals surface area contributed by atoms with Crippen LogP contribution in [-0.4, -0.2) is 25.9 Å². The van der Waals surface area contributed by atoms with Gasteiger partial charge in [0, 0.05) is 11.1 Å². The molecule has 0 aliphatic heterocycles. The Kier molecular flexibility index (Phi) is 14.5. The molecule has 0 saturated heterocycles. The highest BCUT2D eigenvalue weighted by molar-refractivity contribution is 6.73. The first-order valence-corrected chi connectivity index (χ1v) is 15.0. The van der Waals surface area contributed by atoms with Crippen LogP contribution in [-0.2, 0) is 0 Å². The summed E-state index contributed by atoms with van der Waals surface area (Å²) in [5.74, 6) is 0. The van der Waals surface area contributed by atoms with Crippen molar-refractivity contribution in [3.8, 4) is 0 Å². The third-order valence-corrected chi connectivity index (χ3v) is 5.51. The van der Waals surface area contributed by atoms with Crippen LogP contribution in [0.15, 0.2) is 0 Å². The van der Waals surface area contributed by atoms with Gasteiger partial charge in [0.05, 0.1) is 0 Å². The van der Waals surface area contributed by atoms with Crippen molar-refractivity contribution in [1.82, 2.24) is 10.3 Å². The fraction of sp³-hybridized carbons (Fsp3) is 1.00. The first-order chi connectivity index (χ1) is 11.9. The lowest BCUT2D eigenvalue weighted by Crippen LogP contribution is -2.52. The van der Waals surface area contributed by atoms with Gasteiger partial charge in [0.2, 0.25) is 0 Å². The van der Waals surface area contributed by atoms with Gasteiger partial charge in [-0.3, -0.25) is 0 Å². The van der Waals surface area contributed by atoms with E-state index < -0.39 is 8.24 Å². The van der Waals surface area contributed by atoms with Crippen molar-refractivity contribution < 1.29 is 0 Å². The molecule has 0 saturated carbocycles. The van der Waals surface area contributed by atoms with Crippen LogP contribution >= 0.6 is 0 Å². The zero-order chi connectivity index (χ0) is 21.8. The quantitative estimate of drug-likeness (QED) is 0.289. The molecule has 0 atom stereocenters. The topological polar surface area (TPSA) is 24.1 Å². The lowest BCUT2D eigenvalue weighted by molar-refractivity contribution is 0.356. The maximum atomic E-state index is 3.60. The maximum absolute atomic E-state index is 3.60. The summed E-state index contributed by atoms with van der Waals surface area (Å²) in [7, 11) is -1.04. The van der Waals surface area contributed by atoms with Gasteiger partial charge in [-0.1, -0.05) is 78.9 Å². The van der Waals surface area contributed by atoms with E-state index in [1.54, 1.807) is 0 Å². The Bertz CT molecular complexity index is 303. The van der Waals surface area contributed by atoms with Crippen LogP contribution in [0.4, 0.5) is 0 Å². The molecule has 0 bridgehead atoms.